The lowest BCUT2D eigenvalue weighted by Crippen LogP contribution is -2.16. The minimum Gasteiger partial charge on any atom is -0.396 e. The summed E-state index contributed by atoms with van der Waals surface area (Å²) in [6, 6.07) is 2.12. The monoisotopic (exact) mass is 184 g/mol. The molecule has 0 spiro atoms. The maximum atomic E-state index is 8.52. The van der Waals surface area contributed by atoms with Gasteiger partial charge < -0.3 is 10.4 Å². The van der Waals surface area contributed by atoms with E-state index in [9.17, 15) is 0 Å². The van der Waals surface area contributed by atoms with Gasteiger partial charge in [-0.3, -0.25) is 0 Å². The van der Waals surface area contributed by atoms with Gasteiger partial charge >= 0.3 is 0 Å². The molecule has 0 saturated heterocycles. The predicted octanol–water partition coefficient (Wildman–Crippen LogP) is 1.43. The van der Waals surface area contributed by atoms with E-state index >= 15 is 0 Å². The van der Waals surface area contributed by atoms with E-state index in [1.165, 1.54) is 12.8 Å². The zero-order chi connectivity index (χ0) is 9.78. The Morgan fingerprint density at radius 1 is 1.00 bits per heavy atom. The molecule has 0 radical (unpaired) electrons. The molecule has 0 aliphatic carbocycles. The molecule has 3 heteroatoms. The van der Waals surface area contributed by atoms with Gasteiger partial charge in [0, 0.05) is 13.0 Å². The van der Waals surface area contributed by atoms with E-state index in [1.807, 2.05) is 0 Å². The van der Waals surface area contributed by atoms with Gasteiger partial charge in [-0.2, -0.15) is 5.26 Å². The molecule has 76 valence electrons. The first-order valence-corrected chi connectivity index (χ1v) is 5.10. The smallest absolute Gasteiger partial charge is 0.0622 e. The van der Waals surface area contributed by atoms with E-state index in [-0.39, 0.29) is 0 Å². The van der Waals surface area contributed by atoms with Gasteiger partial charge in [-0.15, -0.1) is 0 Å². The molecular weight excluding hydrogens is 164 g/mol. The van der Waals surface area contributed by atoms with Crippen LogP contribution in [0.5, 0.6) is 0 Å². The molecule has 3 nitrogen and oxygen atoms in total. The van der Waals surface area contributed by atoms with Crippen LogP contribution in [0.1, 0.15) is 38.5 Å². The first-order valence-electron chi connectivity index (χ1n) is 5.10. The molecule has 0 saturated carbocycles. The van der Waals surface area contributed by atoms with Crippen LogP contribution >= 0.6 is 0 Å². The van der Waals surface area contributed by atoms with Crippen molar-refractivity contribution in [3.8, 4) is 6.07 Å². The van der Waals surface area contributed by atoms with Crippen LogP contribution in [0.25, 0.3) is 0 Å². The fourth-order valence-electron chi connectivity index (χ4n) is 1.13. The Labute approximate surface area is 80.8 Å². The van der Waals surface area contributed by atoms with E-state index in [1.54, 1.807) is 0 Å². The number of rotatable bonds is 9. The lowest BCUT2D eigenvalue weighted by atomic mass is 10.2. The molecule has 13 heavy (non-hydrogen) atoms. The summed E-state index contributed by atoms with van der Waals surface area (Å²) in [5.41, 5.74) is 0. The van der Waals surface area contributed by atoms with Crippen molar-refractivity contribution in [2.24, 2.45) is 0 Å². The topological polar surface area (TPSA) is 56.0 Å². The zero-order valence-electron chi connectivity index (χ0n) is 8.26. The van der Waals surface area contributed by atoms with Crippen LogP contribution in [0.3, 0.4) is 0 Å². The number of nitrogens with zero attached hydrogens (tertiary/aromatic N) is 1. The van der Waals surface area contributed by atoms with E-state index in [4.69, 9.17) is 10.4 Å². The molecule has 0 atom stereocenters. The first-order chi connectivity index (χ1) is 6.41. The third-order valence-corrected chi connectivity index (χ3v) is 1.90. The fraction of sp³-hybridized carbons (Fsp3) is 0.900. The van der Waals surface area contributed by atoms with E-state index in [0.29, 0.717) is 13.0 Å². The highest BCUT2D eigenvalue weighted by atomic mass is 16.2. The minimum absolute atomic E-state index is 0.315. The molecule has 2 N–H and O–H groups in total. The van der Waals surface area contributed by atoms with Gasteiger partial charge in [-0.25, -0.2) is 0 Å². The maximum Gasteiger partial charge on any atom is 0.0622 e. The van der Waals surface area contributed by atoms with Crippen LogP contribution in [-0.2, 0) is 0 Å². The number of nitrogens with one attached hydrogen (secondary N) is 1. The van der Waals surface area contributed by atoms with Crippen LogP contribution in [0.2, 0.25) is 0 Å². The highest BCUT2D eigenvalue weighted by molar-refractivity contribution is 4.68. The second kappa shape index (κ2) is 11.4. The van der Waals surface area contributed by atoms with Crippen molar-refractivity contribution < 1.29 is 5.11 Å². The Balaban J connectivity index is 2.80. The van der Waals surface area contributed by atoms with Crippen LogP contribution in [-0.4, -0.2) is 24.8 Å². The summed E-state index contributed by atoms with van der Waals surface area (Å²) < 4.78 is 0. The highest BCUT2D eigenvalue weighted by Crippen LogP contribution is 1.97. The van der Waals surface area contributed by atoms with Crippen molar-refractivity contribution >= 4 is 0 Å². The summed E-state index contributed by atoms with van der Waals surface area (Å²) in [6.45, 7) is 2.31. The van der Waals surface area contributed by atoms with Gasteiger partial charge in [0.15, 0.2) is 0 Å². The molecule has 0 aromatic rings. The van der Waals surface area contributed by atoms with Crippen LogP contribution < -0.4 is 5.32 Å². The molecule has 0 unspecified atom stereocenters. The molecule has 0 rings (SSSR count). The van der Waals surface area contributed by atoms with E-state index in [2.05, 4.69) is 11.4 Å². The summed E-state index contributed by atoms with van der Waals surface area (Å²) in [4.78, 5) is 0. The Bertz CT molecular complexity index is 131. The first kappa shape index (κ1) is 12.4. The van der Waals surface area contributed by atoms with Gasteiger partial charge in [0.25, 0.3) is 0 Å². The summed E-state index contributed by atoms with van der Waals surface area (Å²) in [7, 11) is 0. The third-order valence-electron chi connectivity index (χ3n) is 1.90. The summed E-state index contributed by atoms with van der Waals surface area (Å²) >= 11 is 0. The zero-order valence-corrected chi connectivity index (χ0v) is 8.26. The standard InChI is InChI=1S/C10H20N2O/c11-7-3-5-9-12-8-4-1-2-6-10-13/h12-13H,1-6,8-10H2. The van der Waals surface area contributed by atoms with Crippen LogP contribution in [0.4, 0.5) is 0 Å². The predicted molar refractivity (Wildman–Crippen MR) is 53.3 cm³/mol. The normalized spacial score (nSPS) is 9.85. The minimum atomic E-state index is 0.315. The van der Waals surface area contributed by atoms with Gasteiger partial charge in [0.1, 0.15) is 0 Å². The summed E-state index contributed by atoms with van der Waals surface area (Å²) in [5, 5.41) is 20.1. The molecule has 0 aliphatic rings. The lowest BCUT2D eigenvalue weighted by Gasteiger charge is -2.02. The maximum absolute atomic E-state index is 8.52. The fourth-order valence-corrected chi connectivity index (χ4v) is 1.13. The second-order valence-electron chi connectivity index (χ2n) is 3.15. The van der Waals surface area contributed by atoms with E-state index < -0.39 is 0 Å². The molecule has 0 fully saturated rings. The van der Waals surface area contributed by atoms with Crippen molar-refractivity contribution in [2.75, 3.05) is 19.7 Å². The Kier molecular flexibility index (Phi) is 10.9. The highest BCUT2D eigenvalue weighted by Gasteiger charge is 1.89. The molecule has 0 heterocycles. The lowest BCUT2D eigenvalue weighted by molar-refractivity contribution is 0.282. The van der Waals surface area contributed by atoms with Gasteiger partial charge in [0.2, 0.25) is 0 Å². The Morgan fingerprint density at radius 3 is 2.38 bits per heavy atom. The average Bonchev–Trinajstić information content (AvgIpc) is 2.16. The van der Waals surface area contributed by atoms with Gasteiger partial charge in [-0.05, 0) is 32.4 Å². The number of hydrogen-bond donors (Lipinski definition) is 2. The number of hydrogen-bond acceptors (Lipinski definition) is 3. The van der Waals surface area contributed by atoms with Crippen molar-refractivity contribution in [3.05, 3.63) is 0 Å². The molecule has 0 bridgehead atoms. The Morgan fingerprint density at radius 2 is 1.69 bits per heavy atom. The number of nitriles is 1. The third kappa shape index (κ3) is 11.4. The molecular formula is C10H20N2O. The van der Waals surface area contributed by atoms with Crippen LogP contribution in [0, 0.1) is 11.3 Å². The van der Waals surface area contributed by atoms with Crippen LogP contribution in [0.15, 0.2) is 0 Å². The summed E-state index contributed by atoms with van der Waals surface area (Å²) in [5.74, 6) is 0. The van der Waals surface area contributed by atoms with Crippen molar-refractivity contribution in [3.63, 3.8) is 0 Å². The number of aliphatic hydroxyl groups excluding tert-OH is 1. The number of unbranched alkanes of at least 4 members (excludes halogenated alkanes) is 4. The SMILES string of the molecule is N#CCCCNCCCCCCO. The van der Waals surface area contributed by atoms with Gasteiger partial charge in [-0.1, -0.05) is 12.8 Å². The average molecular weight is 184 g/mol. The molecule has 0 aromatic carbocycles. The second-order valence-corrected chi connectivity index (χ2v) is 3.15. The molecule has 0 aromatic heterocycles. The molecule has 0 amide bonds. The van der Waals surface area contributed by atoms with Crippen molar-refractivity contribution in [1.29, 1.82) is 5.26 Å². The van der Waals surface area contributed by atoms with Gasteiger partial charge in [0.05, 0.1) is 6.07 Å². The van der Waals surface area contributed by atoms with E-state index in [0.717, 1.165) is 32.4 Å². The molecule has 0 aliphatic heterocycles. The number of aliphatic hydroxyl groups is 1. The largest absolute Gasteiger partial charge is 0.396 e. The van der Waals surface area contributed by atoms with Crippen molar-refractivity contribution in [2.45, 2.75) is 38.5 Å². The quantitative estimate of drug-likeness (QED) is 0.533. The Hall–Kier alpha value is -0.590. The summed E-state index contributed by atoms with van der Waals surface area (Å²) in [6.07, 6.45) is 6.01. The van der Waals surface area contributed by atoms with Crippen molar-refractivity contribution in [1.82, 2.24) is 5.32 Å².